The van der Waals surface area contributed by atoms with E-state index in [2.05, 4.69) is 15.5 Å². The molecule has 1 N–H and O–H groups in total. The number of aryl methyl sites for hydroxylation is 3. The third-order valence-electron chi connectivity index (χ3n) is 4.75. The van der Waals surface area contributed by atoms with Crippen LogP contribution in [-0.2, 0) is 11.3 Å². The van der Waals surface area contributed by atoms with Crippen LogP contribution in [0.5, 0.6) is 0 Å². The van der Waals surface area contributed by atoms with Crippen LogP contribution in [0.15, 0.2) is 43.9 Å². The average Bonchev–Trinajstić information content (AvgIpc) is 3.45. The summed E-state index contributed by atoms with van der Waals surface area (Å²) in [5, 5.41) is 7.53. The van der Waals surface area contributed by atoms with Crippen molar-refractivity contribution in [3.63, 3.8) is 0 Å². The Labute approximate surface area is 173 Å². The van der Waals surface area contributed by atoms with Gasteiger partial charge in [-0.15, -0.1) is 0 Å². The quantitative estimate of drug-likeness (QED) is 0.432. The third kappa shape index (κ3) is 4.13. The Morgan fingerprint density at radius 2 is 2.10 bits per heavy atom. The van der Waals surface area contributed by atoms with Crippen molar-refractivity contribution in [2.45, 2.75) is 33.8 Å². The van der Waals surface area contributed by atoms with Crippen molar-refractivity contribution < 1.29 is 22.9 Å². The number of carbonyl (C=O) groups is 1. The zero-order valence-electron chi connectivity index (χ0n) is 17.2. The van der Waals surface area contributed by atoms with Crippen molar-refractivity contribution in [3.05, 3.63) is 59.1 Å². The summed E-state index contributed by atoms with van der Waals surface area (Å²) in [6, 6.07) is 7.33. The molecule has 0 bridgehead atoms. The van der Waals surface area contributed by atoms with E-state index >= 15 is 0 Å². The molecule has 0 atom stereocenters. The van der Waals surface area contributed by atoms with E-state index in [-0.39, 0.29) is 5.91 Å². The van der Waals surface area contributed by atoms with Gasteiger partial charge in [0.25, 0.3) is 11.6 Å². The minimum Gasteiger partial charge on any atom is -0.467 e. The number of aromatic nitrogens is 2. The summed E-state index contributed by atoms with van der Waals surface area (Å²) in [7, 11) is 0. The van der Waals surface area contributed by atoms with E-state index in [1.54, 1.807) is 19.3 Å². The maximum Gasteiger partial charge on any atom is 0.259 e. The number of rotatable bonds is 8. The smallest absolute Gasteiger partial charge is 0.259 e. The van der Waals surface area contributed by atoms with Crippen LogP contribution >= 0.6 is 0 Å². The number of hydrogen-bond acceptors (Lipinski definition) is 7. The maximum atomic E-state index is 12.9. The van der Waals surface area contributed by atoms with E-state index in [9.17, 15) is 4.79 Å². The topological polar surface area (TPSA) is 104 Å². The first-order valence-electron chi connectivity index (χ1n) is 9.75. The van der Waals surface area contributed by atoms with Crippen LogP contribution in [0.1, 0.15) is 39.8 Å². The zero-order valence-corrected chi connectivity index (χ0v) is 17.2. The number of amides is 1. The van der Waals surface area contributed by atoms with Gasteiger partial charge in [0.05, 0.1) is 28.6 Å². The maximum absolute atomic E-state index is 12.9. The van der Waals surface area contributed by atoms with Crippen molar-refractivity contribution in [1.29, 1.82) is 0 Å². The predicted molar refractivity (Wildman–Crippen MR) is 109 cm³/mol. The molecule has 4 heterocycles. The van der Waals surface area contributed by atoms with Gasteiger partial charge in [-0.3, -0.25) is 4.79 Å². The van der Waals surface area contributed by atoms with E-state index in [1.165, 1.54) is 0 Å². The number of ether oxygens (including phenoxy) is 1. The second-order valence-electron chi connectivity index (χ2n) is 7.07. The van der Waals surface area contributed by atoms with Gasteiger partial charge in [0.1, 0.15) is 23.9 Å². The van der Waals surface area contributed by atoms with E-state index < -0.39 is 0 Å². The summed E-state index contributed by atoms with van der Waals surface area (Å²) in [5.41, 5.74) is 2.86. The molecule has 0 saturated heterocycles. The van der Waals surface area contributed by atoms with E-state index in [1.807, 2.05) is 32.0 Å². The highest BCUT2D eigenvalue weighted by Gasteiger charge is 2.20. The first-order valence-corrected chi connectivity index (χ1v) is 9.75. The fourth-order valence-corrected chi connectivity index (χ4v) is 3.34. The highest BCUT2D eigenvalue weighted by Crippen LogP contribution is 2.30. The summed E-state index contributed by atoms with van der Waals surface area (Å²) in [6.07, 6.45) is 2.29. The van der Waals surface area contributed by atoms with Crippen LogP contribution in [0, 0.1) is 20.8 Å². The SMILES string of the molecule is Cc1cc(-c2cc(C(=O)NCCCOCc3ccco3)c3c(C)noc3n2)c(C)o1. The first-order chi connectivity index (χ1) is 14.5. The van der Waals surface area contributed by atoms with Gasteiger partial charge in [-0.1, -0.05) is 5.16 Å². The Morgan fingerprint density at radius 3 is 2.83 bits per heavy atom. The lowest BCUT2D eigenvalue weighted by molar-refractivity contribution is 0.0918. The second kappa shape index (κ2) is 8.54. The molecule has 0 unspecified atom stereocenters. The van der Waals surface area contributed by atoms with Gasteiger partial charge in [-0.2, -0.15) is 0 Å². The second-order valence-corrected chi connectivity index (χ2v) is 7.07. The van der Waals surface area contributed by atoms with Gasteiger partial charge >= 0.3 is 0 Å². The lowest BCUT2D eigenvalue weighted by Crippen LogP contribution is -2.25. The van der Waals surface area contributed by atoms with Crippen molar-refractivity contribution in [2.75, 3.05) is 13.2 Å². The third-order valence-corrected chi connectivity index (χ3v) is 4.75. The lowest BCUT2D eigenvalue weighted by Gasteiger charge is -2.08. The van der Waals surface area contributed by atoms with Gasteiger partial charge in [-0.05, 0) is 51.5 Å². The highest BCUT2D eigenvalue weighted by molar-refractivity contribution is 6.07. The number of nitrogens with zero attached hydrogens (tertiary/aromatic N) is 2. The molecule has 4 rings (SSSR count). The molecular weight excluding hydrogens is 386 g/mol. The molecule has 1 amide bonds. The fourth-order valence-electron chi connectivity index (χ4n) is 3.34. The van der Waals surface area contributed by atoms with E-state index in [0.717, 1.165) is 22.8 Å². The highest BCUT2D eigenvalue weighted by atomic mass is 16.5. The van der Waals surface area contributed by atoms with Crippen molar-refractivity contribution in [2.24, 2.45) is 0 Å². The van der Waals surface area contributed by atoms with Crippen LogP contribution in [-0.4, -0.2) is 29.2 Å². The Kier molecular flexibility index (Phi) is 5.67. The van der Waals surface area contributed by atoms with Gasteiger partial charge < -0.3 is 23.4 Å². The molecule has 0 aliphatic heterocycles. The minimum absolute atomic E-state index is 0.209. The monoisotopic (exact) mass is 409 g/mol. The molecular formula is C22H23N3O5. The van der Waals surface area contributed by atoms with Crippen molar-refractivity contribution >= 4 is 17.0 Å². The molecule has 156 valence electrons. The Bertz CT molecular complexity index is 1160. The van der Waals surface area contributed by atoms with E-state index in [0.29, 0.717) is 54.2 Å². The Hall–Kier alpha value is -3.39. The molecule has 8 nitrogen and oxygen atoms in total. The molecule has 0 aromatic carbocycles. The van der Waals surface area contributed by atoms with Gasteiger partial charge in [0.15, 0.2) is 0 Å². The van der Waals surface area contributed by atoms with Gasteiger partial charge in [0, 0.05) is 18.7 Å². The summed E-state index contributed by atoms with van der Waals surface area (Å²) in [5.74, 6) is 2.08. The number of pyridine rings is 1. The lowest BCUT2D eigenvalue weighted by atomic mass is 10.1. The van der Waals surface area contributed by atoms with Crippen molar-refractivity contribution in [3.8, 4) is 11.3 Å². The molecule has 0 aliphatic carbocycles. The van der Waals surface area contributed by atoms with E-state index in [4.69, 9.17) is 18.1 Å². The number of carbonyl (C=O) groups excluding carboxylic acids is 1. The number of furan rings is 2. The summed E-state index contributed by atoms with van der Waals surface area (Å²) in [4.78, 5) is 17.4. The molecule has 30 heavy (non-hydrogen) atoms. The number of fused-ring (bicyclic) bond motifs is 1. The fraction of sp³-hybridized carbons (Fsp3) is 0.318. The number of nitrogens with one attached hydrogen (secondary N) is 1. The van der Waals surface area contributed by atoms with Crippen LogP contribution in [0.3, 0.4) is 0 Å². The van der Waals surface area contributed by atoms with Crippen LogP contribution in [0.4, 0.5) is 0 Å². The molecule has 0 saturated carbocycles. The van der Waals surface area contributed by atoms with Gasteiger partial charge in [0.2, 0.25) is 0 Å². The molecule has 0 radical (unpaired) electrons. The molecule has 8 heteroatoms. The summed E-state index contributed by atoms with van der Waals surface area (Å²) < 4.78 is 21.7. The predicted octanol–water partition coefficient (Wildman–Crippen LogP) is 4.34. The summed E-state index contributed by atoms with van der Waals surface area (Å²) >= 11 is 0. The first kappa shape index (κ1) is 19.9. The molecule has 4 aromatic rings. The van der Waals surface area contributed by atoms with Crippen LogP contribution in [0.25, 0.3) is 22.4 Å². The molecule has 0 aliphatic rings. The Morgan fingerprint density at radius 1 is 1.23 bits per heavy atom. The number of hydrogen-bond donors (Lipinski definition) is 1. The largest absolute Gasteiger partial charge is 0.467 e. The molecule has 0 fully saturated rings. The standard InChI is InChI=1S/C22H23N3O5/c1-13-10-17(15(3)29-13)19-11-18(20-14(2)25-30-22(20)24-19)21(26)23-7-5-8-27-12-16-6-4-9-28-16/h4,6,9-11H,5,7-8,12H2,1-3H3,(H,23,26). The van der Waals surface area contributed by atoms with Gasteiger partial charge in [-0.25, -0.2) is 4.98 Å². The van der Waals surface area contributed by atoms with Crippen LogP contribution < -0.4 is 5.32 Å². The molecule has 0 spiro atoms. The minimum atomic E-state index is -0.209. The summed E-state index contributed by atoms with van der Waals surface area (Å²) in [6.45, 7) is 6.93. The van der Waals surface area contributed by atoms with Crippen molar-refractivity contribution in [1.82, 2.24) is 15.5 Å². The zero-order chi connectivity index (χ0) is 21.1. The molecule has 4 aromatic heterocycles. The normalized spacial score (nSPS) is 11.3. The Balaban J connectivity index is 1.46. The average molecular weight is 409 g/mol. The van der Waals surface area contributed by atoms with Crippen LogP contribution in [0.2, 0.25) is 0 Å².